The van der Waals surface area contributed by atoms with E-state index in [2.05, 4.69) is 39.8 Å². The third-order valence-corrected chi connectivity index (χ3v) is 5.87. The Hall–Kier alpha value is -2.27. The van der Waals surface area contributed by atoms with Gasteiger partial charge in [-0.2, -0.15) is 0 Å². The highest BCUT2D eigenvalue weighted by Gasteiger charge is 2.27. The summed E-state index contributed by atoms with van der Waals surface area (Å²) < 4.78 is 5.71. The van der Waals surface area contributed by atoms with Crippen LogP contribution >= 0.6 is 0 Å². The van der Waals surface area contributed by atoms with Gasteiger partial charge in [0.1, 0.15) is 5.76 Å². The monoisotopic (exact) mass is 367 g/mol. The largest absolute Gasteiger partial charge is 0.468 e. The molecule has 1 saturated carbocycles. The zero-order valence-electron chi connectivity index (χ0n) is 15.8. The van der Waals surface area contributed by atoms with Gasteiger partial charge in [-0.1, -0.05) is 43.5 Å². The standard InChI is InChI=1S/C22H29N3O2/c26-22(24-19-9-2-1-3-10-19)23-15-20(21-11-6-14-27-21)25-13-12-17-7-4-5-8-18(17)16-25/h4-8,11,14,19-20H,1-3,9-10,12-13,15-16H2,(H2,23,24,26)/t20-/m0/s1. The molecule has 0 spiro atoms. The van der Waals surface area contributed by atoms with Crippen molar-refractivity contribution in [3.8, 4) is 0 Å². The number of amides is 2. The number of urea groups is 1. The van der Waals surface area contributed by atoms with Crippen molar-refractivity contribution in [2.75, 3.05) is 13.1 Å². The van der Waals surface area contributed by atoms with E-state index in [0.29, 0.717) is 12.6 Å². The maximum absolute atomic E-state index is 12.4. The molecule has 1 aliphatic heterocycles. The summed E-state index contributed by atoms with van der Waals surface area (Å²) >= 11 is 0. The lowest BCUT2D eigenvalue weighted by molar-refractivity contribution is 0.154. The molecular formula is C22H29N3O2. The minimum Gasteiger partial charge on any atom is -0.468 e. The Kier molecular flexibility index (Phi) is 5.78. The SMILES string of the molecule is O=C(NC[C@@H](c1ccco1)N1CCc2ccccc2C1)NC1CCCCC1. The Labute approximate surface area is 161 Å². The molecule has 2 aromatic rings. The summed E-state index contributed by atoms with van der Waals surface area (Å²) in [4.78, 5) is 14.8. The number of fused-ring (bicyclic) bond motifs is 1. The minimum atomic E-state index is -0.0594. The van der Waals surface area contributed by atoms with Gasteiger partial charge in [-0.05, 0) is 42.5 Å². The Balaban J connectivity index is 1.39. The molecule has 2 amide bonds. The van der Waals surface area contributed by atoms with E-state index in [0.717, 1.165) is 38.1 Å². The first-order valence-corrected chi connectivity index (χ1v) is 10.2. The Morgan fingerprint density at radius 2 is 1.93 bits per heavy atom. The Morgan fingerprint density at radius 1 is 1.11 bits per heavy atom. The Bertz CT molecular complexity index is 738. The molecule has 4 rings (SSSR count). The van der Waals surface area contributed by atoms with Crippen LogP contribution in [0.4, 0.5) is 4.79 Å². The van der Waals surface area contributed by atoms with E-state index in [1.807, 2.05) is 12.1 Å². The zero-order chi connectivity index (χ0) is 18.5. The number of carbonyl (C=O) groups is 1. The fourth-order valence-corrected chi connectivity index (χ4v) is 4.35. The molecule has 2 N–H and O–H groups in total. The van der Waals surface area contributed by atoms with Crippen LogP contribution < -0.4 is 10.6 Å². The number of furan rings is 1. The highest BCUT2D eigenvalue weighted by Crippen LogP contribution is 2.28. The van der Waals surface area contributed by atoms with Crippen LogP contribution in [0.3, 0.4) is 0 Å². The summed E-state index contributed by atoms with van der Waals surface area (Å²) in [5, 5.41) is 6.23. The van der Waals surface area contributed by atoms with Crippen LogP contribution in [0, 0.1) is 0 Å². The van der Waals surface area contributed by atoms with Crippen molar-refractivity contribution in [1.82, 2.24) is 15.5 Å². The number of carbonyl (C=O) groups excluding carboxylic acids is 1. The van der Waals surface area contributed by atoms with Crippen LogP contribution in [-0.2, 0) is 13.0 Å². The zero-order valence-corrected chi connectivity index (χ0v) is 15.8. The maximum atomic E-state index is 12.4. The molecule has 2 aliphatic rings. The summed E-state index contributed by atoms with van der Waals surface area (Å²) in [6.45, 7) is 2.40. The first kappa shape index (κ1) is 18.1. The second-order valence-electron chi connectivity index (χ2n) is 7.71. The summed E-state index contributed by atoms with van der Waals surface area (Å²) in [6.07, 6.45) is 8.65. The molecule has 0 radical (unpaired) electrons. The van der Waals surface area contributed by atoms with Gasteiger partial charge in [-0.25, -0.2) is 4.79 Å². The van der Waals surface area contributed by atoms with Gasteiger partial charge in [0.25, 0.3) is 0 Å². The van der Waals surface area contributed by atoms with Gasteiger partial charge in [0.2, 0.25) is 0 Å². The summed E-state index contributed by atoms with van der Waals surface area (Å²) in [7, 11) is 0. The molecule has 0 unspecified atom stereocenters. The fourth-order valence-electron chi connectivity index (χ4n) is 4.35. The van der Waals surface area contributed by atoms with E-state index in [4.69, 9.17) is 4.42 Å². The van der Waals surface area contributed by atoms with Crippen molar-refractivity contribution in [3.63, 3.8) is 0 Å². The third-order valence-electron chi connectivity index (χ3n) is 5.87. The van der Waals surface area contributed by atoms with Crippen molar-refractivity contribution in [2.24, 2.45) is 0 Å². The number of hydrogen-bond acceptors (Lipinski definition) is 3. The van der Waals surface area contributed by atoms with Crippen molar-refractivity contribution in [3.05, 3.63) is 59.5 Å². The fraction of sp³-hybridized carbons (Fsp3) is 0.500. The first-order chi connectivity index (χ1) is 13.3. The molecule has 1 aliphatic carbocycles. The third kappa shape index (κ3) is 4.53. The van der Waals surface area contributed by atoms with E-state index >= 15 is 0 Å². The lowest BCUT2D eigenvalue weighted by Crippen LogP contribution is -2.46. The van der Waals surface area contributed by atoms with Crippen LogP contribution in [-0.4, -0.2) is 30.1 Å². The number of benzene rings is 1. The summed E-state index contributed by atoms with van der Waals surface area (Å²) in [5.41, 5.74) is 2.79. The second kappa shape index (κ2) is 8.61. The number of rotatable bonds is 5. The highest BCUT2D eigenvalue weighted by molar-refractivity contribution is 5.74. The molecule has 144 valence electrons. The average Bonchev–Trinajstić information content (AvgIpc) is 3.23. The van der Waals surface area contributed by atoms with E-state index < -0.39 is 0 Å². The van der Waals surface area contributed by atoms with Gasteiger partial charge in [0, 0.05) is 25.7 Å². The smallest absolute Gasteiger partial charge is 0.315 e. The van der Waals surface area contributed by atoms with Gasteiger partial charge < -0.3 is 15.1 Å². The molecule has 0 bridgehead atoms. The van der Waals surface area contributed by atoms with Gasteiger partial charge in [-0.3, -0.25) is 4.90 Å². The summed E-state index contributed by atoms with van der Waals surface area (Å²) in [5.74, 6) is 0.910. The number of nitrogens with one attached hydrogen (secondary N) is 2. The lowest BCUT2D eigenvalue weighted by Gasteiger charge is -2.34. The molecule has 5 nitrogen and oxygen atoms in total. The number of nitrogens with zero attached hydrogens (tertiary/aromatic N) is 1. The van der Waals surface area contributed by atoms with Gasteiger partial charge in [-0.15, -0.1) is 0 Å². The topological polar surface area (TPSA) is 57.5 Å². The van der Waals surface area contributed by atoms with E-state index in [1.165, 1.54) is 30.4 Å². The van der Waals surface area contributed by atoms with Gasteiger partial charge >= 0.3 is 6.03 Å². The quantitative estimate of drug-likeness (QED) is 0.839. The molecule has 1 aromatic carbocycles. The van der Waals surface area contributed by atoms with Crippen molar-refractivity contribution < 1.29 is 9.21 Å². The minimum absolute atomic E-state index is 0.0467. The summed E-state index contributed by atoms with van der Waals surface area (Å²) in [6, 6.07) is 12.8. The van der Waals surface area contributed by atoms with Crippen LogP contribution in [0.15, 0.2) is 47.1 Å². The molecular weight excluding hydrogens is 338 g/mol. The van der Waals surface area contributed by atoms with Crippen LogP contribution in [0.5, 0.6) is 0 Å². The van der Waals surface area contributed by atoms with Crippen LogP contribution in [0.2, 0.25) is 0 Å². The molecule has 1 aromatic heterocycles. The van der Waals surface area contributed by atoms with Crippen molar-refractivity contribution in [1.29, 1.82) is 0 Å². The molecule has 1 fully saturated rings. The van der Waals surface area contributed by atoms with Crippen LogP contribution in [0.25, 0.3) is 0 Å². The first-order valence-electron chi connectivity index (χ1n) is 10.2. The maximum Gasteiger partial charge on any atom is 0.315 e. The molecule has 0 saturated heterocycles. The molecule has 5 heteroatoms. The molecule has 27 heavy (non-hydrogen) atoms. The highest BCUT2D eigenvalue weighted by atomic mass is 16.3. The van der Waals surface area contributed by atoms with E-state index in [9.17, 15) is 4.79 Å². The average molecular weight is 367 g/mol. The van der Waals surface area contributed by atoms with Gasteiger partial charge in [0.15, 0.2) is 0 Å². The predicted molar refractivity (Wildman–Crippen MR) is 105 cm³/mol. The van der Waals surface area contributed by atoms with E-state index in [1.54, 1.807) is 6.26 Å². The van der Waals surface area contributed by atoms with Crippen molar-refractivity contribution >= 4 is 6.03 Å². The lowest BCUT2D eigenvalue weighted by atomic mass is 9.96. The second-order valence-corrected chi connectivity index (χ2v) is 7.71. The normalized spacial score (nSPS) is 19.3. The molecule has 1 atom stereocenters. The van der Waals surface area contributed by atoms with E-state index in [-0.39, 0.29) is 12.1 Å². The predicted octanol–water partition coefficient (Wildman–Crippen LogP) is 4.01. The van der Waals surface area contributed by atoms with Crippen molar-refractivity contribution in [2.45, 2.75) is 57.2 Å². The Morgan fingerprint density at radius 3 is 2.70 bits per heavy atom. The van der Waals surface area contributed by atoms with Gasteiger partial charge in [0.05, 0.1) is 12.3 Å². The number of hydrogen-bond donors (Lipinski definition) is 2. The molecule has 2 heterocycles. The van der Waals surface area contributed by atoms with Crippen LogP contribution in [0.1, 0.15) is 55.0 Å².